The van der Waals surface area contributed by atoms with Gasteiger partial charge in [0, 0.05) is 13.1 Å². The number of rotatable bonds is 12. The minimum absolute atomic E-state index is 0.0124. The summed E-state index contributed by atoms with van der Waals surface area (Å²) in [5.41, 5.74) is -0.196. The number of phenolic OH excluding ortho intramolecular Hbond substituents is 1. The molecule has 8 nitrogen and oxygen atoms in total. The van der Waals surface area contributed by atoms with Crippen molar-refractivity contribution in [2.24, 2.45) is 5.92 Å². The Hall–Kier alpha value is -2.77. The number of amides is 3. The van der Waals surface area contributed by atoms with Crippen LogP contribution in [0.1, 0.15) is 85.8 Å². The number of carbonyl (C=O) groups excluding carboxylic acids is 3. The predicted molar refractivity (Wildman–Crippen MR) is 133 cm³/mol. The molecule has 0 aliphatic carbocycles. The maximum atomic E-state index is 13.8. The number of hydrogen-bond acceptors (Lipinski definition) is 5. The molecule has 0 bridgehead atoms. The first-order valence-electron chi connectivity index (χ1n) is 12.3. The van der Waals surface area contributed by atoms with E-state index in [9.17, 15) is 19.5 Å². The number of nitrogens with one attached hydrogen (secondary N) is 2. The number of ether oxygens (including phenoxy) is 1. The summed E-state index contributed by atoms with van der Waals surface area (Å²) in [4.78, 5) is 41.1. The topological polar surface area (TPSA) is 108 Å². The third kappa shape index (κ3) is 10.0. The summed E-state index contributed by atoms with van der Waals surface area (Å²) in [5.74, 6) is -0.551. The lowest BCUT2D eigenvalue weighted by atomic mass is 9.99. The molecule has 0 fully saturated rings. The van der Waals surface area contributed by atoms with Gasteiger partial charge in [-0.1, -0.05) is 46.2 Å². The van der Waals surface area contributed by atoms with Gasteiger partial charge in [0.1, 0.15) is 23.4 Å². The smallest absolute Gasteiger partial charge is 0.408 e. The molecule has 1 rings (SSSR count). The SMILES string of the molecule is CCCCNC(=O)C(c1cccc(O)c1)N(CCC)C(=O)C(CC(C)C)NC(=O)OC(C)(C)C. The number of phenols is 1. The van der Waals surface area contributed by atoms with Crippen molar-refractivity contribution in [2.45, 2.75) is 91.8 Å². The van der Waals surface area contributed by atoms with E-state index in [-0.39, 0.29) is 23.5 Å². The molecule has 1 aromatic carbocycles. The summed E-state index contributed by atoms with van der Waals surface area (Å²) in [5, 5.41) is 15.7. The van der Waals surface area contributed by atoms with Crippen LogP contribution in [0.25, 0.3) is 0 Å². The zero-order valence-corrected chi connectivity index (χ0v) is 21.8. The summed E-state index contributed by atoms with van der Waals surface area (Å²) < 4.78 is 5.38. The molecule has 0 spiro atoms. The lowest BCUT2D eigenvalue weighted by Gasteiger charge is -2.35. The van der Waals surface area contributed by atoms with E-state index in [0.29, 0.717) is 31.5 Å². The van der Waals surface area contributed by atoms with Crippen LogP contribution in [0.5, 0.6) is 5.75 Å². The number of nitrogens with zero attached hydrogens (tertiary/aromatic N) is 1. The van der Waals surface area contributed by atoms with Gasteiger partial charge in [0.2, 0.25) is 11.8 Å². The molecule has 8 heteroatoms. The van der Waals surface area contributed by atoms with E-state index in [0.717, 1.165) is 12.8 Å². The second-order valence-electron chi connectivity index (χ2n) is 10.0. The Bertz CT molecular complexity index is 804. The van der Waals surface area contributed by atoms with Crippen LogP contribution >= 0.6 is 0 Å². The normalized spacial score (nSPS) is 13.2. The highest BCUT2D eigenvalue weighted by molar-refractivity contribution is 5.92. The quantitative estimate of drug-likeness (QED) is 0.383. The van der Waals surface area contributed by atoms with Gasteiger partial charge in [-0.2, -0.15) is 0 Å². The Morgan fingerprint density at radius 1 is 1.12 bits per heavy atom. The van der Waals surface area contributed by atoms with Crippen molar-refractivity contribution in [2.75, 3.05) is 13.1 Å². The Kier molecular flexibility index (Phi) is 11.9. The van der Waals surface area contributed by atoms with Crippen LogP contribution in [0, 0.1) is 5.92 Å². The Labute approximate surface area is 204 Å². The zero-order valence-electron chi connectivity index (χ0n) is 21.8. The Morgan fingerprint density at radius 3 is 2.32 bits per heavy atom. The van der Waals surface area contributed by atoms with Gasteiger partial charge in [0.25, 0.3) is 0 Å². The monoisotopic (exact) mass is 477 g/mol. The number of carbonyl (C=O) groups is 3. The number of unbranched alkanes of at least 4 members (excludes halogenated alkanes) is 1. The average Bonchev–Trinajstić information content (AvgIpc) is 2.71. The first kappa shape index (κ1) is 29.3. The van der Waals surface area contributed by atoms with Gasteiger partial charge < -0.3 is 25.4 Å². The van der Waals surface area contributed by atoms with Crippen LogP contribution in [-0.2, 0) is 14.3 Å². The molecule has 34 heavy (non-hydrogen) atoms. The lowest BCUT2D eigenvalue weighted by Crippen LogP contribution is -2.53. The van der Waals surface area contributed by atoms with E-state index in [1.165, 1.54) is 17.0 Å². The van der Waals surface area contributed by atoms with E-state index in [4.69, 9.17) is 4.74 Å². The standard InChI is InChI=1S/C26H43N3O5/c1-8-10-14-27-23(31)22(19-12-11-13-20(30)17-19)29(15-9-2)24(32)21(16-18(3)4)28-25(33)34-26(5,6)7/h11-13,17-18,21-22,30H,8-10,14-16H2,1-7H3,(H,27,31)(H,28,33). The molecule has 0 aliphatic rings. The van der Waals surface area contributed by atoms with Crippen molar-refractivity contribution >= 4 is 17.9 Å². The second kappa shape index (κ2) is 13.8. The van der Waals surface area contributed by atoms with Crippen LogP contribution in [0.3, 0.4) is 0 Å². The molecular weight excluding hydrogens is 434 g/mol. The summed E-state index contributed by atoms with van der Waals surface area (Å²) >= 11 is 0. The number of alkyl carbamates (subject to hydrolysis) is 1. The molecule has 2 atom stereocenters. The van der Waals surface area contributed by atoms with Crippen LogP contribution in [0.15, 0.2) is 24.3 Å². The molecule has 0 saturated heterocycles. The van der Waals surface area contributed by atoms with Gasteiger partial charge >= 0.3 is 6.09 Å². The van der Waals surface area contributed by atoms with Crippen molar-refractivity contribution in [3.63, 3.8) is 0 Å². The summed E-state index contributed by atoms with van der Waals surface area (Å²) in [7, 11) is 0. The van der Waals surface area contributed by atoms with Gasteiger partial charge in [-0.25, -0.2) is 4.79 Å². The van der Waals surface area contributed by atoms with Crippen molar-refractivity contribution < 1.29 is 24.2 Å². The van der Waals surface area contributed by atoms with Crippen LogP contribution in [0.2, 0.25) is 0 Å². The van der Waals surface area contributed by atoms with Crippen LogP contribution in [0.4, 0.5) is 4.79 Å². The first-order chi connectivity index (χ1) is 15.9. The molecule has 1 aromatic rings. The highest BCUT2D eigenvalue weighted by Gasteiger charge is 2.36. The minimum Gasteiger partial charge on any atom is -0.508 e. The van der Waals surface area contributed by atoms with Gasteiger partial charge in [-0.3, -0.25) is 9.59 Å². The summed E-state index contributed by atoms with van der Waals surface area (Å²) in [6.07, 6.45) is 2.07. The molecule has 0 radical (unpaired) electrons. The number of aromatic hydroxyl groups is 1. The van der Waals surface area contributed by atoms with E-state index < -0.39 is 23.8 Å². The third-order valence-electron chi connectivity index (χ3n) is 5.02. The lowest BCUT2D eigenvalue weighted by molar-refractivity contribution is -0.142. The molecule has 3 N–H and O–H groups in total. The van der Waals surface area contributed by atoms with Gasteiger partial charge in [-0.15, -0.1) is 0 Å². The summed E-state index contributed by atoms with van der Waals surface area (Å²) in [6.45, 7) is 14.0. The van der Waals surface area contributed by atoms with Gasteiger partial charge in [0.15, 0.2) is 0 Å². The minimum atomic E-state index is -0.938. The van der Waals surface area contributed by atoms with Crippen molar-refractivity contribution in [1.29, 1.82) is 0 Å². The van der Waals surface area contributed by atoms with Crippen molar-refractivity contribution in [1.82, 2.24) is 15.5 Å². The first-order valence-corrected chi connectivity index (χ1v) is 12.3. The number of hydrogen-bond donors (Lipinski definition) is 3. The van der Waals surface area contributed by atoms with Crippen LogP contribution < -0.4 is 10.6 Å². The Balaban J connectivity index is 3.36. The fraction of sp³-hybridized carbons (Fsp3) is 0.654. The molecule has 192 valence electrons. The molecule has 3 amide bonds. The highest BCUT2D eigenvalue weighted by atomic mass is 16.6. The maximum Gasteiger partial charge on any atom is 0.408 e. The molecule has 0 aliphatic heterocycles. The van der Waals surface area contributed by atoms with Crippen molar-refractivity contribution in [3.05, 3.63) is 29.8 Å². The van der Waals surface area contributed by atoms with E-state index in [1.54, 1.807) is 32.9 Å². The fourth-order valence-corrected chi connectivity index (χ4v) is 3.60. The molecule has 0 saturated carbocycles. The summed E-state index contributed by atoms with van der Waals surface area (Å²) in [6, 6.07) is 4.59. The zero-order chi connectivity index (χ0) is 25.9. The molecule has 0 heterocycles. The molecular formula is C26H43N3O5. The van der Waals surface area contributed by atoms with Crippen molar-refractivity contribution in [3.8, 4) is 5.75 Å². The predicted octanol–water partition coefficient (Wildman–Crippen LogP) is 4.53. The fourth-order valence-electron chi connectivity index (χ4n) is 3.60. The second-order valence-corrected chi connectivity index (χ2v) is 10.0. The third-order valence-corrected chi connectivity index (χ3v) is 5.02. The van der Waals surface area contributed by atoms with E-state index in [2.05, 4.69) is 10.6 Å². The van der Waals surface area contributed by atoms with Gasteiger partial charge in [-0.05, 0) is 63.6 Å². The Morgan fingerprint density at radius 2 is 1.79 bits per heavy atom. The molecule has 2 unspecified atom stereocenters. The van der Waals surface area contributed by atoms with Crippen LogP contribution in [-0.4, -0.2) is 52.6 Å². The number of benzene rings is 1. The molecule has 0 aromatic heterocycles. The van der Waals surface area contributed by atoms with Gasteiger partial charge in [0.05, 0.1) is 0 Å². The van der Waals surface area contributed by atoms with E-state index in [1.807, 2.05) is 27.7 Å². The van der Waals surface area contributed by atoms with E-state index >= 15 is 0 Å². The maximum absolute atomic E-state index is 13.8. The highest BCUT2D eigenvalue weighted by Crippen LogP contribution is 2.26. The average molecular weight is 478 g/mol. The largest absolute Gasteiger partial charge is 0.508 e.